The van der Waals surface area contributed by atoms with Crippen molar-refractivity contribution in [3.8, 4) is 0 Å². The summed E-state index contributed by atoms with van der Waals surface area (Å²) < 4.78 is 5.81. The third kappa shape index (κ3) is 6.86. The van der Waals surface area contributed by atoms with Crippen molar-refractivity contribution in [1.82, 2.24) is 20.2 Å². The number of nitrogens with zero attached hydrogens (tertiary/aromatic N) is 5. The van der Waals surface area contributed by atoms with E-state index in [-0.39, 0.29) is 24.0 Å². The van der Waals surface area contributed by atoms with Crippen LogP contribution in [0.1, 0.15) is 27.2 Å². The van der Waals surface area contributed by atoms with Gasteiger partial charge in [-0.1, -0.05) is 13.8 Å². The minimum absolute atomic E-state index is 0. The van der Waals surface area contributed by atoms with E-state index in [0.717, 1.165) is 57.7 Å². The molecule has 1 fully saturated rings. The van der Waals surface area contributed by atoms with Crippen LogP contribution in [-0.2, 0) is 4.74 Å². The van der Waals surface area contributed by atoms with E-state index in [2.05, 4.69) is 50.8 Å². The molecule has 7 nitrogen and oxygen atoms in total. The van der Waals surface area contributed by atoms with Gasteiger partial charge in [0.15, 0.2) is 5.96 Å². The monoisotopic (exact) mass is 476 g/mol. The molecule has 1 aliphatic heterocycles. The number of nitrogens with one attached hydrogen (secondary N) is 1. The van der Waals surface area contributed by atoms with Crippen molar-refractivity contribution in [1.29, 1.82) is 0 Å². The van der Waals surface area contributed by atoms with E-state index in [9.17, 15) is 0 Å². The molecule has 2 heterocycles. The molecule has 0 aromatic carbocycles. The number of piperazine rings is 1. The van der Waals surface area contributed by atoms with Gasteiger partial charge in [0.25, 0.3) is 0 Å². The third-order valence-corrected chi connectivity index (χ3v) is 4.46. The number of hydrogen-bond acceptors (Lipinski definition) is 5. The zero-order valence-corrected chi connectivity index (χ0v) is 18.7. The van der Waals surface area contributed by atoms with Crippen LogP contribution in [0.4, 0.5) is 5.95 Å². The summed E-state index contributed by atoms with van der Waals surface area (Å²) in [6.45, 7) is 11.7. The summed E-state index contributed by atoms with van der Waals surface area (Å²) in [4.78, 5) is 17.6. The highest BCUT2D eigenvalue weighted by Crippen LogP contribution is 2.11. The SMILES string of the molecule is CCOC(CCNC(=NC)N1CCN(c2ncccn2)CC1)C(C)C.I. The van der Waals surface area contributed by atoms with Gasteiger partial charge in [0.05, 0.1) is 6.10 Å². The molecule has 0 aliphatic carbocycles. The fourth-order valence-corrected chi connectivity index (χ4v) is 3.05. The van der Waals surface area contributed by atoms with E-state index in [1.54, 1.807) is 12.4 Å². The first kappa shape index (κ1) is 22.9. The largest absolute Gasteiger partial charge is 0.378 e. The van der Waals surface area contributed by atoms with Gasteiger partial charge in [-0.2, -0.15) is 0 Å². The van der Waals surface area contributed by atoms with Crippen LogP contribution in [0.2, 0.25) is 0 Å². The van der Waals surface area contributed by atoms with Gasteiger partial charge in [0.2, 0.25) is 5.95 Å². The maximum Gasteiger partial charge on any atom is 0.225 e. The number of guanidine groups is 1. The third-order valence-electron chi connectivity index (χ3n) is 4.46. The second-order valence-corrected chi connectivity index (χ2v) is 6.52. The van der Waals surface area contributed by atoms with E-state index in [4.69, 9.17) is 4.74 Å². The Labute approximate surface area is 174 Å². The van der Waals surface area contributed by atoms with E-state index < -0.39 is 0 Å². The van der Waals surface area contributed by atoms with Gasteiger partial charge in [-0.25, -0.2) is 9.97 Å². The highest BCUT2D eigenvalue weighted by molar-refractivity contribution is 14.0. The summed E-state index contributed by atoms with van der Waals surface area (Å²) in [6, 6.07) is 1.85. The minimum Gasteiger partial charge on any atom is -0.378 e. The van der Waals surface area contributed by atoms with Crippen LogP contribution in [0.3, 0.4) is 0 Å². The van der Waals surface area contributed by atoms with Crippen LogP contribution in [0.15, 0.2) is 23.5 Å². The van der Waals surface area contributed by atoms with Crippen molar-refractivity contribution < 1.29 is 4.74 Å². The first-order valence-electron chi connectivity index (χ1n) is 9.24. The molecule has 0 radical (unpaired) electrons. The lowest BCUT2D eigenvalue weighted by Gasteiger charge is -2.36. The molecule has 1 aromatic heterocycles. The molecule has 1 atom stereocenters. The van der Waals surface area contributed by atoms with Gasteiger partial charge in [-0.3, -0.25) is 4.99 Å². The summed E-state index contributed by atoms with van der Waals surface area (Å²) in [7, 11) is 1.84. The van der Waals surface area contributed by atoms with Crippen LogP contribution in [-0.4, -0.2) is 73.3 Å². The lowest BCUT2D eigenvalue weighted by molar-refractivity contribution is 0.0257. The predicted octanol–water partition coefficient (Wildman–Crippen LogP) is 2.24. The Bertz CT molecular complexity index is 520. The van der Waals surface area contributed by atoms with Crippen molar-refractivity contribution in [2.45, 2.75) is 33.3 Å². The quantitative estimate of drug-likeness (QED) is 0.370. The maximum absolute atomic E-state index is 5.81. The number of halogens is 1. The highest BCUT2D eigenvalue weighted by Gasteiger charge is 2.21. The average Bonchev–Trinajstić information content (AvgIpc) is 2.65. The topological polar surface area (TPSA) is 65.9 Å². The number of aliphatic imine (C=N–C) groups is 1. The fourth-order valence-electron chi connectivity index (χ4n) is 3.05. The Balaban J connectivity index is 0.00000338. The number of rotatable bonds is 7. The minimum atomic E-state index is 0. The Morgan fingerprint density at radius 1 is 1.23 bits per heavy atom. The smallest absolute Gasteiger partial charge is 0.225 e. The first-order valence-corrected chi connectivity index (χ1v) is 9.24. The molecule has 1 N–H and O–H groups in total. The molecule has 1 aliphatic rings. The normalized spacial score (nSPS) is 16.4. The van der Waals surface area contributed by atoms with Crippen molar-refractivity contribution in [3.63, 3.8) is 0 Å². The van der Waals surface area contributed by atoms with Gasteiger partial charge in [-0.15, -0.1) is 24.0 Å². The van der Waals surface area contributed by atoms with Crippen LogP contribution >= 0.6 is 24.0 Å². The van der Waals surface area contributed by atoms with Gasteiger partial charge in [-0.05, 0) is 25.3 Å². The Hall–Kier alpha value is -1.16. The van der Waals surface area contributed by atoms with Gasteiger partial charge < -0.3 is 19.9 Å². The van der Waals surface area contributed by atoms with Crippen molar-refractivity contribution in [2.75, 3.05) is 51.3 Å². The van der Waals surface area contributed by atoms with E-state index in [0.29, 0.717) is 12.0 Å². The Morgan fingerprint density at radius 3 is 2.42 bits per heavy atom. The lowest BCUT2D eigenvalue weighted by Crippen LogP contribution is -2.53. The molecule has 1 aromatic rings. The Kier molecular flexibility index (Phi) is 10.8. The zero-order valence-electron chi connectivity index (χ0n) is 16.4. The molecule has 0 amide bonds. The van der Waals surface area contributed by atoms with E-state index >= 15 is 0 Å². The van der Waals surface area contributed by atoms with Gasteiger partial charge >= 0.3 is 0 Å². The number of anilines is 1. The summed E-state index contributed by atoms with van der Waals surface area (Å²) in [5.41, 5.74) is 0. The molecule has 1 unspecified atom stereocenters. The molecule has 0 saturated carbocycles. The lowest BCUT2D eigenvalue weighted by atomic mass is 10.0. The van der Waals surface area contributed by atoms with Gasteiger partial charge in [0, 0.05) is 58.8 Å². The second kappa shape index (κ2) is 12.3. The van der Waals surface area contributed by atoms with Crippen molar-refractivity contribution >= 4 is 35.9 Å². The first-order chi connectivity index (χ1) is 12.2. The average molecular weight is 476 g/mol. The maximum atomic E-state index is 5.81. The molecule has 2 rings (SSSR count). The van der Waals surface area contributed by atoms with Crippen molar-refractivity contribution in [3.05, 3.63) is 18.5 Å². The molecular weight excluding hydrogens is 443 g/mol. The highest BCUT2D eigenvalue weighted by atomic mass is 127. The summed E-state index contributed by atoms with van der Waals surface area (Å²) >= 11 is 0. The van der Waals surface area contributed by atoms with Crippen LogP contribution in [0.5, 0.6) is 0 Å². The number of hydrogen-bond donors (Lipinski definition) is 1. The molecule has 148 valence electrons. The second-order valence-electron chi connectivity index (χ2n) is 6.52. The van der Waals surface area contributed by atoms with Gasteiger partial charge in [0.1, 0.15) is 0 Å². The molecule has 26 heavy (non-hydrogen) atoms. The molecular formula is C18H33IN6O. The Morgan fingerprint density at radius 2 is 1.88 bits per heavy atom. The molecule has 8 heteroatoms. The van der Waals surface area contributed by atoms with E-state index in [1.807, 2.05) is 13.1 Å². The molecule has 1 saturated heterocycles. The fraction of sp³-hybridized carbons (Fsp3) is 0.722. The predicted molar refractivity (Wildman–Crippen MR) is 117 cm³/mol. The standard InChI is InChI=1S/C18H32N6O.HI/c1-5-25-16(15(2)3)7-10-22-17(19-4)23-11-13-24(14-12-23)18-20-8-6-9-21-18;/h6,8-9,15-16H,5,7,10-14H2,1-4H3,(H,19,22);1H. The van der Waals surface area contributed by atoms with E-state index in [1.165, 1.54) is 0 Å². The van der Waals surface area contributed by atoms with Crippen LogP contribution in [0, 0.1) is 5.92 Å². The molecule has 0 bridgehead atoms. The van der Waals surface area contributed by atoms with Crippen molar-refractivity contribution in [2.24, 2.45) is 10.9 Å². The number of aromatic nitrogens is 2. The molecule has 0 spiro atoms. The number of ether oxygens (including phenoxy) is 1. The van der Waals surface area contributed by atoms with Crippen LogP contribution in [0.25, 0.3) is 0 Å². The zero-order chi connectivity index (χ0) is 18.1. The summed E-state index contributed by atoms with van der Waals surface area (Å²) in [5, 5.41) is 3.48. The summed E-state index contributed by atoms with van der Waals surface area (Å²) in [5.74, 6) is 2.30. The summed E-state index contributed by atoms with van der Waals surface area (Å²) in [6.07, 6.45) is 4.86. The van der Waals surface area contributed by atoms with Crippen LogP contribution < -0.4 is 10.2 Å².